The highest BCUT2D eigenvalue weighted by Gasteiger charge is 2.50. The van der Waals surface area contributed by atoms with Crippen LogP contribution in [0.1, 0.15) is 37.7 Å². The van der Waals surface area contributed by atoms with E-state index >= 15 is 0 Å². The van der Waals surface area contributed by atoms with Crippen LogP contribution < -0.4 is 0 Å². The number of rotatable bonds is 5. The van der Waals surface area contributed by atoms with Crippen LogP contribution in [-0.4, -0.2) is 61.6 Å². The first-order valence-corrected chi connectivity index (χ1v) is 10.2. The molecule has 1 aromatic rings. The Bertz CT molecular complexity index is 606. The number of carbonyl (C=O) groups excluding carboxylic acids is 1. The van der Waals surface area contributed by atoms with Gasteiger partial charge in [0.2, 0.25) is 5.91 Å². The molecule has 4 rings (SSSR count). The Labute approximate surface area is 157 Å². The summed E-state index contributed by atoms with van der Waals surface area (Å²) in [7, 11) is 1.83. The normalized spacial score (nSPS) is 26.2. The van der Waals surface area contributed by atoms with E-state index < -0.39 is 0 Å². The van der Waals surface area contributed by atoms with E-state index in [0.717, 1.165) is 44.1 Å². The van der Waals surface area contributed by atoms with Gasteiger partial charge in [0.15, 0.2) is 0 Å². The average Bonchev–Trinajstić information content (AvgIpc) is 2.92. The van der Waals surface area contributed by atoms with Crippen LogP contribution >= 0.6 is 0 Å². The number of likely N-dealkylation sites (tertiary alicyclic amines) is 2. The van der Waals surface area contributed by atoms with Crippen molar-refractivity contribution in [2.45, 2.75) is 44.6 Å². The minimum Gasteiger partial charge on any atom is -0.384 e. The van der Waals surface area contributed by atoms with Crippen molar-refractivity contribution >= 4 is 5.91 Å². The van der Waals surface area contributed by atoms with Crippen molar-refractivity contribution in [2.75, 3.05) is 39.9 Å². The van der Waals surface area contributed by atoms with E-state index in [-0.39, 0.29) is 5.91 Å². The average molecular weight is 357 g/mol. The van der Waals surface area contributed by atoms with E-state index in [4.69, 9.17) is 4.74 Å². The van der Waals surface area contributed by atoms with E-state index in [1.165, 1.54) is 32.4 Å². The van der Waals surface area contributed by atoms with E-state index in [9.17, 15) is 4.79 Å². The molecule has 2 heterocycles. The highest BCUT2D eigenvalue weighted by molar-refractivity contribution is 5.78. The number of amides is 1. The van der Waals surface area contributed by atoms with E-state index in [0.29, 0.717) is 17.8 Å². The lowest BCUT2D eigenvalue weighted by Crippen LogP contribution is -2.48. The van der Waals surface area contributed by atoms with Gasteiger partial charge in [0.25, 0.3) is 0 Å². The third-order valence-electron chi connectivity index (χ3n) is 7.11. The molecule has 26 heavy (non-hydrogen) atoms. The third-order valence-corrected chi connectivity index (χ3v) is 7.11. The minimum absolute atomic E-state index is 0.281. The topological polar surface area (TPSA) is 32.8 Å². The van der Waals surface area contributed by atoms with Crippen molar-refractivity contribution in [1.29, 1.82) is 0 Å². The Morgan fingerprint density at radius 2 is 1.92 bits per heavy atom. The van der Waals surface area contributed by atoms with Gasteiger partial charge in [-0.05, 0) is 36.7 Å². The molecular formula is C22H32N2O2. The molecule has 1 unspecified atom stereocenters. The highest BCUT2D eigenvalue weighted by Crippen LogP contribution is 2.47. The van der Waals surface area contributed by atoms with Gasteiger partial charge in [-0.2, -0.15) is 0 Å². The van der Waals surface area contributed by atoms with E-state index in [1.54, 1.807) is 0 Å². The van der Waals surface area contributed by atoms with Gasteiger partial charge in [-0.25, -0.2) is 0 Å². The molecular weight excluding hydrogens is 324 g/mol. The lowest BCUT2D eigenvalue weighted by molar-refractivity contribution is -0.133. The van der Waals surface area contributed by atoms with Gasteiger partial charge >= 0.3 is 0 Å². The van der Waals surface area contributed by atoms with Crippen LogP contribution in [0.15, 0.2) is 30.3 Å². The van der Waals surface area contributed by atoms with Crippen LogP contribution in [0.2, 0.25) is 0 Å². The fourth-order valence-electron chi connectivity index (χ4n) is 5.19. The molecule has 4 nitrogen and oxygen atoms in total. The first-order valence-electron chi connectivity index (χ1n) is 10.2. The van der Waals surface area contributed by atoms with Gasteiger partial charge in [-0.1, -0.05) is 36.8 Å². The summed E-state index contributed by atoms with van der Waals surface area (Å²) in [5, 5.41) is 0. The third kappa shape index (κ3) is 3.54. The molecule has 0 aromatic heterocycles. The Hall–Kier alpha value is -1.39. The number of ether oxygens (including phenoxy) is 1. The Morgan fingerprint density at radius 3 is 2.54 bits per heavy atom. The van der Waals surface area contributed by atoms with Crippen molar-refractivity contribution in [3.63, 3.8) is 0 Å². The molecule has 0 radical (unpaired) electrons. The van der Waals surface area contributed by atoms with Crippen molar-refractivity contribution < 1.29 is 9.53 Å². The second-order valence-electron chi connectivity index (χ2n) is 8.57. The highest BCUT2D eigenvalue weighted by atomic mass is 16.5. The summed E-state index contributed by atoms with van der Waals surface area (Å²) in [5.74, 6) is 0.905. The standard InChI is InChI=1S/C22H32N2O2/c1-26-16-19-15-24(20-8-5-9-20)17-22(19)10-12-23(13-11-22)21(25)14-18-6-3-2-4-7-18/h2-4,6-7,19-20H,5,8-17H2,1H3. The summed E-state index contributed by atoms with van der Waals surface area (Å²) < 4.78 is 5.58. The molecule has 0 N–H and O–H groups in total. The van der Waals surface area contributed by atoms with Crippen LogP contribution in [0.3, 0.4) is 0 Å². The second kappa shape index (κ2) is 7.69. The quantitative estimate of drug-likeness (QED) is 0.813. The molecule has 1 spiro atoms. The predicted molar refractivity (Wildman–Crippen MR) is 103 cm³/mol. The summed E-state index contributed by atoms with van der Waals surface area (Å²) in [6.07, 6.45) is 6.93. The zero-order valence-corrected chi connectivity index (χ0v) is 16.0. The van der Waals surface area contributed by atoms with Gasteiger partial charge < -0.3 is 9.64 Å². The SMILES string of the molecule is COCC1CN(C2CCC2)CC12CCN(C(=O)Cc1ccccc1)CC2. The number of carbonyl (C=O) groups is 1. The van der Waals surface area contributed by atoms with Crippen LogP contribution in [0.4, 0.5) is 0 Å². The van der Waals surface area contributed by atoms with Crippen molar-refractivity contribution in [3.05, 3.63) is 35.9 Å². The smallest absolute Gasteiger partial charge is 0.226 e. The summed E-state index contributed by atoms with van der Waals surface area (Å²) in [6.45, 7) is 5.08. The van der Waals surface area contributed by atoms with Crippen LogP contribution in [-0.2, 0) is 16.0 Å². The molecule has 142 valence electrons. The first kappa shape index (κ1) is 18.0. The predicted octanol–water partition coefficient (Wildman–Crippen LogP) is 2.97. The molecule has 1 amide bonds. The van der Waals surface area contributed by atoms with Crippen molar-refractivity contribution in [2.24, 2.45) is 11.3 Å². The number of piperidine rings is 1. The lowest BCUT2D eigenvalue weighted by Gasteiger charge is -2.43. The zero-order valence-electron chi connectivity index (χ0n) is 16.0. The molecule has 3 aliphatic rings. The Morgan fingerprint density at radius 1 is 1.19 bits per heavy atom. The first-order chi connectivity index (χ1) is 12.7. The lowest BCUT2D eigenvalue weighted by atomic mass is 9.71. The number of nitrogens with zero attached hydrogens (tertiary/aromatic N) is 2. The van der Waals surface area contributed by atoms with Gasteiger partial charge in [0, 0.05) is 45.2 Å². The molecule has 0 bridgehead atoms. The zero-order chi connectivity index (χ0) is 18.0. The minimum atomic E-state index is 0.281. The van der Waals surface area contributed by atoms with E-state index in [2.05, 4.69) is 9.80 Å². The van der Waals surface area contributed by atoms with Crippen LogP contribution in [0.25, 0.3) is 0 Å². The molecule has 1 atom stereocenters. The van der Waals surface area contributed by atoms with Gasteiger partial charge in [0.1, 0.15) is 0 Å². The summed E-state index contributed by atoms with van der Waals surface area (Å²) in [6, 6.07) is 10.9. The molecule has 2 aliphatic heterocycles. The molecule has 4 heteroatoms. The molecule has 1 aromatic carbocycles. The van der Waals surface area contributed by atoms with Gasteiger partial charge in [-0.3, -0.25) is 9.69 Å². The van der Waals surface area contributed by atoms with Crippen molar-refractivity contribution in [1.82, 2.24) is 9.80 Å². The van der Waals surface area contributed by atoms with Crippen LogP contribution in [0.5, 0.6) is 0 Å². The summed E-state index contributed by atoms with van der Waals surface area (Å²) >= 11 is 0. The summed E-state index contributed by atoms with van der Waals surface area (Å²) in [4.78, 5) is 17.5. The van der Waals surface area contributed by atoms with Crippen molar-refractivity contribution in [3.8, 4) is 0 Å². The van der Waals surface area contributed by atoms with E-state index in [1.807, 2.05) is 37.4 Å². The Kier molecular flexibility index (Phi) is 5.32. The number of hydrogen-bond donors (Lipinski definition) is 0. The van der Waals surface area contributed by atoms with Gasteiger partial charge in [-0.15, -0.1) is 0 Å². The monoisotopic (exact) mass is 356 g/mol. The fraction of sp³-hybridized carbons (Fsp3) is 0.682. The summed E-state index contributed by atoms with van der Waals surface area (Å²) in [5.41, 5.74) is 1.47. The van der Waals surface area contributed by atoms with Gasteiger partial charge in [0.05, 0.1) is 13.0 Å². The fourth-order valence-corrected chi connectivity index (χ4v) is 5.19. The number of methoxy groups -OCH3 is 1. The maximum absolute atomic E-state index is 12.7. The maximum atomic E-state index is 12.7. The molecule has 1 aliphatic carbocycles. The number of benzene rings is 1. The molecule has 2 saturated heterocycles. The largest absolute Gasteiger partial charge is 0.384 e. The van der Waals surface area contributed by atoms with Crippen LogP contribution in [0, 0.1) is 11.3 Å². The Balaban J connectivity index is 1.37. The second-order valence-corrected chi connectivity index (χ2v) is 8.57. The molecule has 1 saturated carbocycles. The number of hydrogen-bond acceptors (Lipinski definition) is 3. The molecule has 3 fully saturated rings. The maximum Gasteiger partial charge on any atom is 0.226 e.